The lowest BCUT2D eigenvalue weighted by Gasteiger charge is -2.13. The molecule has 0 aromatic heterocycles. The summed E-state index contributed by atoms with van der Waals surface area (Å²) in [7, 11) is 0. The Kier molecular flexibility index (Phi) is 5.27. The van der Waals surface area contributed by atoms with E-state index in [0.717, 1.165) is 21.4 Å². The Hall–Kier alpha value is -0.810. The normalized spacial score (nSPS) is 10.2. The van der Waals surface area contributed by atoms with E-state index in [1.807, 2.05) is 25.1 Å². The minimum absolute atomic E-state index is 0.480. The summed E-state index contributed by atoms with van der Waals surface area (Å²) >= 11 is 20.6. The second-order valence-corrected chi connectivity index (χ2v) is 6.39. The van der Waals surface area contributed by atoms with Crippen molar-refractivity contribution in [2.24, 2.45) is 0 Å². The lowest BCUT2D eigenvalue weighted by molar-refractivity contribution is 1.44. The summed E-state index contributed by atoms with van der Waals surface area (Å²) in [6.07, 6.45) is 0. The van der Waals surface area contributed by atoms with Crippen LogP contribution < -0.4 is 10.6 Å². The zero-order valence-corrected chi connectivity index (χ0v) is 14.4. The van der Waals surface area contributed by atoms with Crippen molar-refractivity contribution in [3.8, 4) is 0 Å². The van der Waals surface area contributed by atoms with Crippen LogP contribution in [-0.2, 0) is 0 Å². The number of anilines is 2. The first-order valence-electron chi connectivity index (χ1n) is 5.74. The Morgan fingerprint density at radius 2 is 1.70 bits per heavy atom. The van der Waals surface area contributed by atoms with Gasteiger partial charge in [-0.3, -0.25) is 0 Å². The van der Waals surface area contributed by atoms with Gasteiger partial charge in [0, 0.05) is 25.9 Å². The summed E-state index contributed by atoms with van der Waals surface area (Å²) in [5.41, 5.74) is 2.78. The summed E-state index contributed by atoms with van der Waals surface area (Å²) in [5.74, 6) is 0. The van der Waals surface area contributed by atoms with Gasteiger partial charge in [-0.2, -0.15) is 0 Å². The monoisotopic (exact) mass is 388 g/mol. The molecule has 2 rings (SSSR count). The quantitative estimate of drug-likeness (QED) is 0.627. The molecule has 2 nitrogen and oxygen atoms in total. The summed E-state index contributed by atoms with van der Waals surface area (Å²) in [4.78, 5) is 0. The van der Waals surface area contributed by atoms with Gasteiger partial charge < -0.3 is 10.6 Å². The maximum atomic E-state index is 5.94. The van der Waals surface area contributed by atoms with Crippen molar-refractivity contribution < 1.29 is 0 Å². The molecule has 0 bridgehead atoms. The molecule has 0 aliphatic carbocycles. The molecule has 6 heteroatoms. The Morgan fingerprint density at radius 3 is 2.30 bits per heavy atom. The van der Waals surface area contributed by atoms with E-state index in [2.05, 4.69) is 26.6 Å². The van der Waals surface area contributed by atoms with E-state index in [9.17, 15) is 0 Å². The number of thiocarbonyl (C=S) groups is 1. The largest absolute Gasteiger partial charge is 0.332 e. The van der Waals surface area contributed by atoms with Gasteiger partial charge in [-0.05, 0) is 61.1 Å². The third-order valence-electron chi connectivity index (χ3n) is 2.56. The van der Waals surface area contributed by atoms with Gasteiger partial charge in [0.1, 0.15) is 0 Å². The van der Waals surface area contributed by atoms with E-state index < -0.39 is 0 Å². The van der Waals surface area contributed by atoms with Crippen LogP contribution in [0.5, 0.6) is 0 Å². The van der Waals surface area contributed by atoms with Crippen LogP contribution in [0.2, 0.25) is 10.0 Å². The second kappa shape index (κ2) is 6.76. The fourth-order valence-corrected chi connectivity index (χ4v) is 2.91. The lowest BCUT2D eigenvalue weighted by atomic mass is 10.2. The van der Waals surface area contributed by atoms with Crippen molar-refractivity contribution in [1.82, 2.24) is 0 Å². The molecule has 2 N–H and O–H groups in total. The molecular weight excluding hydrogens is 379 g/mol. The van der Waals surface area contributed by atoms with Crippen LogP contribution in [0.1, 0.15) is 5.56 Å². The summed E-state index contributed by atoms with van der Waals surface area (Å²) in [6, 6.07) is 11.1. The molecule has 0 fully saturated rings. The van der Waals surface area contributed by atoms with Crippen LogP contribution in [0.3, 0.4) is 0 Å². The Labute approximate surface area is 141 Å². The van der Waals surface area contributed by atoms with Gasteiger partial charge in [-0.25, -0.2) is 0 Å². The van der Waals surface area contributed by atoms with E-state index in [4.69, 9.17) is 35.4 Å². The van der Waals surface area contributed by atoms with Gasteiger partial charge in [0.25, 0.3) is 0 Å². The summed E-state index contributed by atoms with van der Waals surface area (Å²) < 4.78 is 1.03. The molecule has 0 radical (unpaired) electrons. The van der Waals surface area contributed by atoms with Gasteiger partial charge in [0.15, 0.2) is 5.11 Å². The van der Waals surface area contributed by atoms with Crippen molar-refractivity contribution in [2.45, 2.75) is 6.92 Å². The third kappa shape index (κ3) is 4.35. The smallest absolute Gasteiger partial charge is 0.175 e. The first-order chi connectivity index (χ1) is 9.44. The molecule has 0 amide bonds. The van der Waals surface area contributed by atoms with Gasteiger partial charge in [0.2, 0.25) is 0 Å². The summed E-state index contributed by atoms with van der Waals surface area (Å²) in [6.45, 7) is 2.01. The number of hydrogen-bond donors (Lipinski definition) is 2. The number of aryl methyl sites for hydroxylation is 1. The number of benzene rings is 2. The maximum Gasteiger partial charge on any atom is 0.175 e. The highest BCUT2D eigenvalue weighted by Crippen LogP contribution is 2.23. The summed E-state index contributed by atoms with van der Waals surface area (Å²) in [5, 5.41) is 7.79. The van der Waals surface area contributed by atoms with E-state index in [1.165, 1.54) is 0 Å². The molecule has 104 valence electrons. The van der Waals surface area contributed by atoms with Gasteiger partial charge >= 0.3 is 0 Å². The topological polar surface area (TPSA) is 24.1 Å². The number of hydrogen-bond acceptors (Lipinski definition) is 1. The van der Waals surface area contributed by atoms with E-state index in [-0.39, 0.29) is 0 Å². The fraction of sp³-hybridized carbons (Fsp3) is 0.0714. The molecule has 0 spiro atoms. The van der Waals surface area contributed by atoms with Crippen LogP contribution in [0.4, 0.5) is 11.4 Å². The van der Waals surface area contributed by atoms with Gasteiger partial charge in [-0.15, -0.1) is 0 Å². The SMILES string of the molecule is Cc1cc(Br)ccc1NC(=S)Nc1cc(Cl)cc(Cl)c1. The Morgan fingerprint density at radius 1 is 1.05 bits per heavy atom. The molecule has 2 aromatic rings. The van der Waals surface area contributed by atoms with E-state index in [1.54, 1.807) is 18.2 Å². The average molecular weight is 390 g/mol. The first kappa shape index (κ1) is 15.6. The Bertz CT molecular complexity index is 641. The number of rotatable bonds is 2. The third-order valence-corrected chi connectivity index (χ3v) is 3.69. The minimum atomic E-state index is 0.480. The molecule has 0 aliphatic heterocycles. The highest BCUT2D eigenvalue weighted by atomic mass is 79.9. The van der Waals surface area contributed by atoms with Crippen LogP contribution in [-0.4, -0.2) is 5.11 Å². The van der Waals surface area contributed by atoms with Crippen LogP contribution in [0.25, 0.3) is 0 Å². The average Bonchev–Trinajstić information content (AvgIpc) is 2.31. The molecule has 0 saturated carbocycles. The van der Waals surface area contributed by atoms with Gasteiger partial charge in [-0.1, -0.05) is 39.1 Å². The second-order valence-electron chi connectivity index (χ2n) is 4.20. The van der Waals surface area contributed by atoms with Crippen LogP contribution in [0, 0.1) is 6.92 Å². The van der Waals surface area contributed by atoms with Crippen molar-refractivity contribution >= 4 is 67.8 Å². The van der Waals surface area contributed by atoms with E-state index >= 15 is 0 Å². The van der Waals surface area contributed by atoms with Gasteiger partial charge in [0.05, 0.1) is 0 Å². The zero-order valence-electron chi connectivity index (χ0n) is 10.5. The number of nitrogens with one attached hydrogen (secondary N) is 2. The Balaban J connectivity index is 2.09. The fourth-order valence-electron chi connectivity index (χ4n) is 1.68. The molecule has 0 heterocycles. The number of halogens is 3. The molecule has 0 aliphatic rings. The lowest BCUT2D eigenvalue weighted by Crippen LogP contribution is -2.19. The van der Waals surface area contributed by atoms with Crippen molar-refractivity contribution in [1.29, 1.82) is 0 Å². The first-order valence-corrected chi connectivity index (χ1v) is 7.70. The molecule has 0 saturated heterocycles. The van der Waals surface area contributed by atoms with Crippen molar-refractivity contribution in [3.05, 3.63) is 56.5 Å². The molecule has 2 aromatic carbocycles. The highest BCUT2D eigenvalue weighted by Gasteiger charge is 2.04. The van der Waals surface area contributed by atoms with Crippen molar-refractivity contribution in [3.63, 3.8) is 0 Å². The van der Waals surface area contributed by atoms with E-state index in [0.29, 0.717) is 15.2 Å². The molecule has 0 unspecified atom stereocenters. The zero-order chi connectivity index (χ0) is 14.7. The highest BCUT2D eigenvalue weighted by molar-refractivity contribution is 9.10. The molecular formula is C14H11BrCl2N2S. The predicted octanol–water partition coefficient (Wildman–Crippen LogP) is 5.87. The van der Waals surface area contributed by atoms with Crippen LogP contribution >= 0.6 is 51.3 Å². The standard InChI is InChI=1S/C14H11BrCl2N2S/c1-8-4-9(15)2-3-13(8)19-14(20)18-12-6-10(16)5-11(17)7-12/h2-7H,1H3,(H2,18,19,20). The van der Waals surface area contributed by atoms with Crippen LogP contribution in [0.15, 0.2) is 40.9 Å². The molecule has 20 heavy (non-hydrogen) atoms. The predicted molar refractivity (Wildman–Crippen MR) is 95.2 cm³/mol. The minimum Gasteiger partial charge on any atom is -0.332 e. The van der Waals surface area contributed by atoms with Crippen molar-refractivity contribution in [2.75, 3.05) is 10.6 Å². The molecule has 0 atom stereocenters. The maximum absolute atomic E-state index is 5.94.